The van der Waals surface area contributed by atoms with Crippen LogP contribution < -0.4 is 0 Å². The normalized spacial score (nSPS) is 19.6. The summed E-state index contributed by atoms with van der Waals surface area (Å²) in [6.45, 7) is 2.26. The van der Waals surface area contributed by atoms with E-state index in [2.05, 4.69) is 6.92 Å². The minimum Gasteiger partial charge on any atom is -0.508 e. The molecular formula is C24H44O5S. The second kappa shape index (κ2) is 15.0. The number of aliphatic hydroxyl groups is 2. The largest absolute Gasteiger partial charge is 0.508 e. The van der Waals surface area contributed by atoms with Gasteiger partial charge >= 0.3 is 0 Å². The van der Waals surface area contributed by atoms with Crippen molar-refractivity contribution in [1.29, 1.82) is 0 Å². The molecule has 1 atom stereocenters. The summed E-state index contributed by atoms with van der Waals surface area (Å²) in [5.41, 5.74) is 0.489. The SMILES string of the molecule is CCCCCCCCCCCCCCCCCCC1=C(O)C=CC(O)(S(=O)(=O)O)C1. The van der Waals surface area contributed by atoms with E-state index in [1.54, 1.807) is 0 Å². The van der Waals surface area contributed by atoms with Crippen molar-refractivity contribution in [3.05, 3.63) is 23.5 Å². The van der Waals surface area contributed by atoms with E-state index in [-0.39, 0.29) is 12.2 Å². The van der Waals surface area contributed by atoms with Crippen molar-refractivity contribution in [2.45, 2.75) is 127 Å². The molecule has 0 aromatic rings. The van der Waals surface area contributed by atoms with Crippen molar-refractivity contribution in [3.63, 3.8) is 0 Å². The van der Waals surface area contributed by atoms with Crippen LogP contribution in [0, 0.1) is 0 Å². The molecule has 0 saturated carbocycles. The lowest BCUT2D eigenvalue weighted by Gasteiger charge is -2.26. The van der Waals surface area contributed by atoms with Gasteiger partial charge in [0.15, 0.2) is 0 Å². The Hall–Kier alpha value is -0.850. The molecule has 0 aromatic carbocycles. The maximum absolute atomic E-state index is 11.3. The van der Waals surface area contributed by atoms with Crippen LogP contribution in [0.4, 0.5) is 0 Å². The number of rotatable bonds is 18. The van der Waals surface area contributed by atoms with Gasteiger partial charge in [-0.1, -0.05) is 103 Å². The highest BCUT2D eigenvalue weighted by atomic mass is 32.2. The maximum atomic E-state index is 11.3. The Bertz CT molecular complexity index is 624. The lowest BCUT2D eigenvalue weighted by atomic mass is 9.95. The average Bonchev–Trinajstić information content (AvgIpc) is 2.69. The summed E-state index contributed by atoms with van der Waals surface area (Å²) in [6, 6.07) is 0. The third-order valence-corrected chi connectivity index (χ3v) is 7.28. The van der Waals surface area contributed by atoms with Crippen LogP contribution in [0.25, 0.3) is 0 Å². The zero-order valence-electron chi connectivity index (χ0n) is 18.9. The number of hydrogen-bond donors (Lipinski definition) is 3. The first-order valence-corrected chi connectivity index (χ1v) is 13.5. The minimum absolute atomic E-state index is 0.00397. The predicted octanol–water partition coefficient (Wildman–Crippen LogP) is 6.99. The van der Waals surface area contributed by atoms with Gasteiger partial charge in [-0.25, -0.2) is 0 Å². The van der Waals surface area contributed by atoms with E-state index in [1.807, 2.05) is 0 Å². The van der Waals surface area contributed by atoms with Crippen LogP contribution in [0.1, 0.15) is 122 Å². The smallest absolute Gasteiger partial charge is 0.299 e. The molecule has 0 amide bonds. The number of aliphatic hydroxyl groups excluding tert-OH is 1. The summed E-state index contributed by atoms with van der Waals surface area (Å²) in [7, 11) is -4.62. The number of hydrogen-bond acceptors (Lipinski definition) is 4. The fourth-order valence-electron chi connectivity index (χ4n) is 4.06. The van der Waals surface area contributed by atoms with Crippen LogP contribution in [0.15, 0.2) is 23.5 Å². The van der Waals surface area contributed by atoms with Gasteiger partial charge in [0.05, 0.1) is 0 Å². The van der Waals surface area contributed by atoms with Gasteiger partial charge in [0, 0.05) is 6.42 Å². The molecule has 30 heavy (non-hydrogen) atoms. The Morgan fingerprint density at radius 1 is 0.800 bits per heavy atom. The highest BCUT2D eigenvalue weighted by Gasteiger charge is 2.41. The van der Waals surface area contributed by atoms with E-state index >= 15 is 0 Å². The molecule has 0 saturated heterocycles. The maximum Gasteiger partial charge on any atom is 0.299 e. The van der Waals surface area contributed by atoms with Crippen molar-refractivity contribution in [3.8, 4) is 0 Å². The van der Waals surface area contributed by atoms with Crippen LogP contribution in [-0.2, 0) is 10.1 Å². The summed E-state index contributed by atoms with van der Waals surface area (Å²) in [4.78, 5) is -2.32. The second-order valence-electron chi connectivity index (χ2n) is 8.87. The third-order valence-electron chi connectivity index (χ3n) is 6.11. The lowest BCUT2D eigenvalue weighted by molar-refractivity contribution is 0.154. The van der Waals surface area contributed by atoms with Crippen molar-refractivity contribution in [1.82, 2.24) is 0 Å². The molecule has 1 unspecified atom stereocenters. The van der Waals surface area contributed by atoms with Crippen molar-refractivity contribution >= 4 is 10.1 Å². The molecule has 176 valence electrons. The predicted molar refractivity (Wildman–Crippen MR) is 124 cm³/mol. The van der Waals surface area contributed by atoms with Gasteiger partial charge in [-0.05, 0) is 30.6 Å². The molecule has 5 nitrogen and oxygen atoms in total. The number of allylic oxidation sites excluding steroid dienone is 1. The number of unbranched alkanes of at least 4 members (excludes halogenated alkanes) is 15. The molecule has 0 bridgehead atoms. The molecule has 0 heterocycles. The Labute approximate surface area is 184 Å². The summed E-state index contributed by atoms with van der Waals surface area (Å²) in [5.74, 6) is 0.00397. The van der Waals surface area contributed by atoms with Crippen LogP contribution >= 0.6 is 0 Å². The van der Waals surface area contributed by atoms with Gasteiger partial charge in [0.25, 0.3) is 10.1 Å². The van der Waals surface area contributed by atoms with E-state index < -0.39 is 15.1 Å². The molecule has 1 rings (SSSR count). The van der Waals surface area contributed by atoms with Gasteiger partial charge in [-0.2, -0.15) is 8.42 Å². The van der Waals surface area contributed by atoms with E-state index in [1.165, 1.54) is 89.5 Å². The first kappa shape index (κ1) is 27.2. The molecule has 0 radical (unpaired) electrons. The lowest BCUT2D eigenvalue weighted by Crippen LogP contribution is -2.38. The summed E-state index contributed by atoms with van der Waals surface area (Å²) in [6.07, 6.45) is 22.9. The van der Waals surface area contributed by atoms with E-state index in [0.717, 1.165) is 25.3 Å². The zero-order chi connectivity index (χ0) is 22.3. The summed E-state index contributed by atoms with van der Waals surface area (Å²) >= 11 is 0. The van der Waals surface area contributed by atoms with E-state index in [4.69, 9.17) is 0 Å². The summed E-state index contributed by atoms with van der Waals surface area (Å²) < 4.78 is 31.9. The van der Waals surface area contributed by atoms with Crippen LogP contribution in [0.2, 0.25) is 0 Å². The van der Waals surface area contributed by atoms with Crippen molar-refractivity contribution in [2.24, 2.45) is 0 Å². The molecule has 0 spiro atoms. The van der Waals surface area contributed by atoms with E-state index in [0.29, 0.717) is 12.0 Å². The van der Waals surface area contributed by atoms with Crippen LogP contribution in [-0.4, -0.2) is 28.1 Å². The average molecular weight is 445 g/mol. The Morgan fingerprint density at radius 2 is 1.20 bits per heavy atom. The molecule has 1 aliphatic carbocycles. The van der Waals surface area contributed by atoms with E-state index in [9.17, 15) is 23.2 Å². The first-order valence-electron chi connectivity index (χ1n) is 12.1. The third kappa shape index (κ3) is 11.0. The highest BCUT2D eigenvalue weighted by molar-refractivity contribution is 7.87. The van der Waals surface area contributed by atoms with Crippen LogP contribution in [0.3, 0.4) is 0 Å². The quantitative estimate of drug-likeness (QED) is 0.156. The molecule has 0 aromatic heterocycles. The fraction of sp³-hybridized carbons (Fsp3) is 0.833. The van der Waals surface area contributed by atoms with Crippen molar-refractivity contribution in [2.75, 3.05) is 0 Å². The molecular weight excluding hydrogens is 400 g/mol. The monoisotopic (exact) mass is 444 g/mol. The molecule has 1 aliphatic rings. The second-order valence-corrected chi connectivity index (χ2v) is 10.5. The van der Waals surface area contributed by atoms with Gasteiger partial charge in [-0.3, -0.25) is 4.55 Å². The Kier molecular flexibility index (Phi) is 13.6. The molecule has 6 heteroatoms. The molecule has 0 fully saturated rings. The van der Waals surface area contributed by atoms with Gasteiger partial charge in [-0.15, -0.1) is 0 Å². The van der Waals surface area contributed by atoms with Gasteiger partial charge in [0.1, 0.15) is 5.76 Å². The standard InChI is InChI=1S/C24H44O5S/c1-2-3-4-5-6-7-8-9-10-11-12-13-14-15-16-17-18-22-21-24(26,30(27,28)29)20-19-23(22)25/h19-20,25-26H,2-18,21H2,1H3,(H,27,28,29). The molecule has 3 N–H and O–H groups in total. The van der Waals surface area contributed by atoms with Crippen molar-refractivity contribution < 1.29 is 23.2 Å². The van der Waals surface area contributed by atoms with Gasteiger partial charge < -0.3 is 10.2 Å². The highest BCUT2D eigenvalue weighted by Crippen LogP contribution is 2.32. The summed E-state index contributed by atoms with van der Waals surface area (Å²) in [5, 5.41) is 20.0. The minimum atomic E-state index is -4.62. The Morgan fingerprint density at radius 3 is 1.60 bits per heavy atom. The first-order chi connectivity index (χ1) is 14.3. The molecule has 0 aliphatic heterocycles. The Balaban J connectivity index is 1.97. The van der Waals surface area contributed by atoms with Gasteiger partial charge in [0.2, 0.25) is 4.93 Å². The topological polar surface area (TPSA) is 94.8 Å². The van der Waals surface area contributed by atoms with Crippen LogP contribution in [0.5, 0.6) is 0 Å². The fourth-order valence-corrected chi connectivity index (χ4v) is 4.66. The zero-order valence-corrected chi connectivity index (χ0v) is 19.8.